The van der Waals surface area contributed by atoms with Gasteiger partial charge in [0.2, 0.25) is 0 Å². The molecule has 0 spiro atoms. The number of hydrogen-bond acceptors (Lipinski definition) is 4. The van der Waals surface area contributed by atoms with Gasteiger partial charge in [-0.25, -0.2) is 4.79 Å². The maximum Gasteiger partial charge on any atom is 0.417 e. The number of alkyl halides is 3. The van der Waals surface area contributed by atoms with Crippen molar-refractivity contribution in [2.75, 3.05) is 6.61 Å². The topological polar surface area (TPSA) is 52.3 Å². The van der Waals surface area contributed by atoms with Crippen LogP contribution in [0.1, 0.15) is 28.6 Å². The van der Waals surface area contributed by atoms with Crippen molar-refractivity contribution in [3.63, 3.8) is 0 Å². The van der Waals surface area contributed by atoms with Gasteiger partial charge in [-0.3, -0.25) is 0 Å². The molecule has 0 N–H and O–H groups in total. The highest BCUT2D eigenvalue weighted by Crippen LogP contribution is 2.38. The van der Waals surface area contributed by atoms with Crippen LogP contribution in [0, 0.1) is 6.92 Å². The summed E-state index contributed by atoms with van der Waals surface area (Å²) in [5, 5.41) is 3.68. The van der Waals surface area contributed by atoms with Gasteiger partial charge in [0.05, 0.1) is 12.2 Å². The summed E-state index contributed by atoms with van der Waals surface area (Å²) in [5.74, 6) is -0.502. The molecule has 4 nitrogen and oxygen atoms in total. The Balaban J connectivity index is 2.56. The molecule has 0 atom stereocenters. The van der Waals surface area contributed by atoms with Crippen molar-refractivity contribution < 1.29 is 27.2 Å². The van der Waals surface area contributed by atoms with Crippen LogP contribution in [0.3, 0.4) is 0 Å². The van der Waals surface area contributed by atoms with Crippen LogP contribution in [0.15, 0.2) is 27.2 Å². The second-order valence-corrected chi connectivity index (χ2v) is 5.23. The van der Waals surface area contributed by atoms with Crippen LogP contribution in [0.2, 0.25) is 0 Å². The number of halogens is 4. The van der Waals surface area contributed by atoms with E-state index in [4.69, 9.17) is 9.26 Å². The maximum atomic E-state index is 13.0. The molecular weight excluding hydrogens is 367 g/mol. The predicted molar refractivity (Wildman–Crippen MR) is 75.3 cm³/mol. The first-order valence-corrected chi connectivity index (χ1v) is 7.05. The van der Waals surface area contributed by atoms with Crippen molar-refractivity contribution in [1.29, 1.82) is 0 Å². The fourth-order valence-corrected chi connectivity index (χ4v) is 2.37. The summed E-state index contributed by atoms with van der Waals surface area (Å²) >= 11 is 2.86. The van der Waals surface area contributed by atoms with E-state index in [9.17, 15) is 18.0 Å². The van der Waals surface area contributed by atoms with Gasteiger partial charge in [0.25, 0.3) is 0 Å². The lowest BCUT2D eigenvalue weighted by Gasteiger charge is -2.10. The van der Waals surface area contributed by atoms with Gasteiger partial charge in [-0.15, -0.1) is 0 Å². The molecule has 0 aliphatic heterocycles. The summed E-state index contributed by atoms with van der Waals surface area (Å²) in [5.41, 5.74) is -0.692. The number of esters is 1. The summed E-state index contributed by atoms with van der Waals surface area (Å²) < 4.78 is 48.6. The first-order valence-electron chi connectivity index (χ1n) is 6.26. The van der Waals surface area contributed by atoms with E-state index >= 15 is 0 Å². The first kappa shape index (κ1) is 16.5. The number of hydrogen-bond donors (Lipinski definition) is 0. The number of ether oxygens (including phenoxy) is 1. The molecule has 2 rings (SSSR count). The van der Waals surface area contributed by atoms with Crippen LogP contribution in [0.25, 0.3) is 11.3 Å². The van der Waals surface area contributed by atoms with Crippen LogP contribution < -0.4 is 0 Å². The minimum atomic E-state index is -4.53. The van der Waals surface area contributed by atoms with E-state index in [1.165, 1.54) is 19.1 Å². The SMILES string of the molecule is CCOC(=O)c1c(-c2ccc(Br)c(C(F)(F)F)c2)noc1C. The van der Waals surface area contributed by atoms with E-state index in [-0.39, 0.29) is 33.7 Å². The van der Waals surface area contributed by atoms with Crippen LogP contribution in [0.5, 0.6) is 0 Å². The van der Waals surface area contributed by atoms with Crippen molar-refractivity contribution in [1.82, 2.24) is 5.16 Å². The monoisotopic (exact) mass is 377 g/mol. The number of carbonyl (C=O) groups excluding carboxylic acids is 1. The van der Waals surface area contributed by atoms with Crippen molar-refractivity contribution in [3.05, 3.63) is 39.6 Å². The minimum Gasteiger partial charge on any atom is -0.462 e. The zero-order valence-electron chi connectivity index (χ0n) is 11.6. The quantitative estimate of drug-likeness (QED) is 0.733. The lowest BCUT2D eigenvalue weighted by molar-refractivity contribution is -0.138. The van der Waals surface area contributed by atoms with Crippen molar-refractivity contribution in [3.8, 4) is 11.3 Å². The minimum absolute atomic E-state index is 0.0222. The Hall–Kier alpha value is -1.83. The molecule has 1 heterocycles. The average Bonchev–Trinajstić information content (AvgIpc) is 2.80. The Labute approximate surface area is 132 Å². The molecule has 2 aromatic rings. The lowest BCUT2D eigenvalue weighted by atomic mass is 10.0. The molecule has 1 aromatic carbocycles. The van der Waals surface area contributed by atoms with Gasteiger partial charge in [0.1, 0.15) is 17.0 Å². The van der Waals surface area contributed by atoms with E-state index in [1.54, 1.807) is 6.92 Å². The molecular formula is C14H11BrF3NO3. The van der Waals surface area contributed by atoms with Crippen LogP contribution >= 0.6 is 15.9 Å². The van der Waals surface area contributed by atoms with E-state index < -0.39 is 17.7 Å². The smallest absolute Gasteiger partial charge is 0.417 e. The van der Waals surface area contributed by atoms with Crippen molar-refractivity contribution in [2.45, 2.75) is 20.0 Å². The number of aryl methyl sites for hydroxylation is 1. The van der Waals surface area contributed by atoms with Gasteiger partial charge < -0.3 is 9.26 Å². The highest BCUT2D eigenvalue weighted by Gasteiger charge is 2.34. The normalized spacial score (nSPS) is 11.5. The number of aromatic nitrogens is 1. The summed E-state index contributed by atoms with van der Waals surface area (Å²) in [7, 11) is 0. The Morgan fingerprint density at radius 1 is 1.41 bits per heavy atom. The van der Waals surface area contributed by atoms with Crippen LogP contribution in [-0.2, 0) is 10.9 Å². The largest absolute Gasteiger partial charge is 0.462 e. The molecule has 8 heteroatoms. The van der Waals surface area contributed by atoms with E-state index in [1.807, 2.05) is 0 Å². The molecule has 0 saturated heterocycles. The van der Waals surface area contributed by atoms with E-state index in [0.717, 1.165) is 6.07 Å². The predicted octanol–water partition coefficient (Wildman–Crippen LogP) is 4.61. The number of carbonyl (C=O) groups is 1. The molecule has 118 valence electrons. The second-order valence-electron chi connectivity index (χ2n) is 4.38. The molecule has 0 aliphatic carbocycles. The lowest BCUT2D eigenvalue weighted by Crippen LogP contribution is -2.08. The Morgan fingerprint density at radius 3 is 2.68 bits per heavy atom. The van der Waals surface area contributed by atoms with E-state index in [2.05, 4.69) is 21.1 Å². The molecule has 0 radical (unpaired) electrons. The van der Waals surface area contributed by atoms with Gasteiger partial charge >= 0.3 is 12.1 Å². The fourth-order valence-electron chi connectivity index (χ4n) is 1.90. The summed E-state index contributed by atoms with van der Waals surface area (Å²) in [6.07, 6.45) is -4.53. The Morgan fingerprint density at radius 2 is 2.09 bits per heavy atom. The molecule has 0 saturated carbocycles. The third kappa shape index (κ3) is 3.16. The van der Waals surface area contributed by atoms with Gasteiger partial charge in [-0.2, -0.15) is 13.2 Å². The van der Waals surface area contributed by atoms with Crippen molar-refractivity contribution in [2.24, 2.45) is 0 Å². The number of rotatable bonds is 3. The zero-order chi connectivity index (χ0) is 16.5. The van der Waals surface area contributed by atoms with Crippen LogP contribution in [-0.4, -0.2) is 17.7 Å². The maximum absolute atomic E-state index is 13.0. The van der Waals surface area contributed by atoms with E-state index in [0.29, 0.717) is 0 Å². The third-order valence-corrected chi connectivity index (χ3v) is 3.58. The summed E-state index contributed by atoms with van der Waals surface area (Å²) in [6.45, 7) is 3.26. The standard InChI is InChI=1S/C14H11BrF3NO3/c1-3-21-13(20)11-7(2)22-19-12(11)8-4-5-10(15)9(6-8)14(16,17)18/h4-6H,3H2,1-2H3. The van der Waals surface area contributed by atoms with Crippen molar-refractivity contribution >= 4 is 21.9 Å². The number of benzene rings is 1. The highest BCUT2D eigenvalue weighted by molar-refractivity contribution is 9.10. The third-order valence-electron chi connectivity index (χ3n) is 2.89. The van der Waals surface area contributed by atoms with Gasteiger partial charge in [-0.05, 0) is 26.0 Å². The van der Waals surface area contributed by atoms with Gasteiger partial charge in [0, 0.05) is 10.0 Å². The molecule has 0 fully saturated rings. The fraction of sp³-hybridized carbons (Fsp3) is 0.286. The molecule has 0 bridgehead atoms. The summed E-state index contributed by atoms with van der Waals surface area (Å²) in [6, 6.07) is 3.57. The highest BCUT2D eigenvalue weighted by atomic mass is 79.9. The summed E-state index contributed by atoms with van der Waals surface area (Å²) in [4.78, 5) is 11.9. The second kappa shape index (κ2) is 6.12. The number of nitrogens with zero attached hydrogens (tertiary/aromatic N) is 1. The Kier molecular flexibility index (Phi) is 4.60. The molecule has 1 aromatic heterocycles. The Bertz CT molecular complexity index is 710. The molecule has 0 amide bonds. The van der Waals surface area contributed by atoms with Crippen LogP contribution in [0.4, 0.5) is 13.2 Å². The zero-order valence-corrected chi connectivity index (χ0v) is 13.2. The average molecular weight is 378 g/mol. The molecule has 0 unspecified atom stereocenters. The first-order chi connectivity index (χ1) is 10.3. The molecule has 0 aliphatic rings. The van der Waals surface area contributed by atoms with Gasteiger partial charge in [-0.1, -0.05) is 27.2 Å². The van der Waals surface area contributed by atoms with Gasteiger partial charge in [0.15, 0.2) is 0 Å². The molecule has 22 heavy (non-hydrogen) atoms.